The molecule has 158 valence electrons. The molecule has 0 amide bonds. The highest BCUT2D eigenvalue weighted by Crippen LogP contribution is 2.16. The number of morpholine rings is 1. The van der Waals surface area contributed by atoms with Crippen LogP contribution in [0.2, 0.25) is 5.02 Å². The van der Waals surface area contributed by atoms with Crippen molar-refractivity contribution >= 4 is 23.4 Å². The average Bonchev–Trinajstić information content (AvgIpc) is 3.02. The van der Waals surface area contributed by atoms with Crippen molar-refractivity contribution < 1.29 is 4.74 Å². The fraction of sp³-hybridized carbons (Fsp3) is 0.524. The zero-order valence-electron chi connectivity index (χ0n) is 17.7. The highest BCUT2D eigenvalue weighted by Gasteiger charge is 2.17. The second-order valence-corrected chi connectivity index (χ2v) is 7.88. The molecule has 1 saturated heterocycles. The number of aromatic nitrogens is 2. The lowest BCUT2D eigenvalue weighted by atomic mass is 10.2. The zero-order valence-corrected chi connectivity index (χ0v) is 18.5. The number of aryl methyl sites for hydroxylation is 1. The van der Waals surface area contributed by atoms with Gasteiger partial charge in [-0.05, 0) is 31.5 Å². The molecule has 3 rings (SSSR count). The van der Waals surface area contributed by atoms with Crippen LogP contribution in [0.1, 0.15) is 25.1 Å². The van der Waals surface area contributed by atoms with Crippen LogP contribution in [0.5, 0.6) is 0 Å². The van der Waals surface area contributed by atoms with Crippen LogP contribution in [0.3, 0.4) is 0 Å². The monoisotopic (exact) mass is 418 g/mol. The maximum absolute atomic E-state index is 6.11. The number of hydrogen-bond donors (Lipinski definition) is 1. The Morgan fingerprint density at radius 3 is 2.90 bits per heavy atom. The minimum atomic E-state index is 0.243. The molecule has 2 aromatic heterocycles. The molecule has 1 fully saturated rings. The zero-order chi connectivity index (χ0) is 20.8. The lowest BCUT2D eigenvalue weighted by Gasteiger charge is -2.32. The third-order valence-electron chi connectivity index (χ3n) is 4.96. The summed E-state index contributed by atoms with van der Waals surface area (Å²) >= 11 is 6.11. The van der Waals surface area contributed by atoms with Gasteiger partial charge in [0, 0.05) is 51.8 Å². The second-order valence-electron chi connectivity index (χ2n) is 7.44. The van der Waals surface area contributed by atoms with E-state index in [2.05, 4.69) is 46.1 Å². The number of hydrogen-bond acceptors (Lipinski definition) is 4. The van der Waals surface area contributed by atoms with Crippen LogP contribution >= 0.6 is 11.6 Å². The predicted molar refractivity (Wildman–Crippen MR) is 119 cm³/mol. The van der Waals surface area contributed by atoms with Crippen LogP contribution in [-0.2, 0) is 24.9 Å². The molecule has 8 heteroatoms. The molecule has 1 unspecified atom stereocenters. The number of anilines is 1. The van der Waals surface area contributed by atoms with Crippen LogP contribution in [-0.4, -0.2) is 59.8 Å². The van der Waals surface area contributed by atoms with Crippen LogP contribution in [0.15, 0.2) is 35.6 Å². The van der Waals surface area contributed by atoms with E-state index in [0.29, 0.717) is 6.54 Å². The van der Waals surface area contributed by atoms with E-state index in [1.165, 1.54) is 0 Å². The number of rotatable bonds is 6. The van der Waals surface area contributed by atoms with E-state index in [0.717, 1.165) is 60.8 Å². The Hall–Kier alpha value is -2.25. The van der Waals surface area contributed by atoms with Crippen LogP contribution in [0.25, 0.3) is 0 Å². The number of halogens is 1. The number of nitrogens with one attached hydrogen (secondary N) is 1. The highest BCUT2D eigenvalue weighted by atomic mass is 35.5. The number of ether oxygens (including phenoxy) is 1. The van der Waals surface area contributed by atoms with Crippen molar-refractivity contribution in [2.24, 2.45) is 12.0 Å². The van der Waals surface area contributed by atoms with Crippen molar-refractivity contribution in [1.82, 2.24) is 19.8 Å². The van der Waals surface area contributed by atoms with Gasteiger partial charge >= 0.3 is 0 Å². The van der Waals surface area contributed by atoms with E-state index in [-0.39, 0.29) is 6.10 Å². The molecule has 1 aliphatic heterocycles. The molecule has 29 heavy (non-hydrogen) atoms. The van der Waals surface area contributed by atoms with Crippen molar-refractivity contribution in [1.29, 1.82) is 0 Å². The van der Waals surface area contributed by atoms with Gasteiger partial charge in [0.25, 0.3) is 0 Å². The highest BCUT2D eigenvalue weighted by molar-refractivity contribution is 6.30. The molecule has 0 bridgehead atoms. The van der Waals surface area contributed by atoms with Crippen LogP contribution < -0.4 is 10.2 Å². The SMILES string of the molecule is CCNC(=NCc1ccc(N2CCOC(C)C2)nc1)N(C)Cc1cc(Cl)cn1C. The molecule has 1 N–H and O–H groups in total. The molecule has 1 atom stereocenters. The third-order valence-corrected chi connectivity index (χ3v) is 5.16. The summed E-state index contributed by atoms with van der Waals surface area (Å²) in [6, 6.07) is 6.16. The van der Waals surface area contributed by atoms with Gasteiger partial charge in [-0.2, -0.15) is 0 Å². The first kappa shape index (κ1) is 21.5. The number of nitrogens with zero attached hydrogens (tertiary/aromatic N) is 5. The first-order valence-electron chi connectivity index (χ1n) is 10.1. The van der Waals surface area contributed by atoms with Gasteiger partial charge in [-0.15, -0.1) is 0 Å². The lowest BCUT2D eigenvalue weighted by molar-refractivity contribution is 0.0529. The Morgan fingerprint density at radius 2 is 2.28 bits per heavy atom. The summed E-state index contributed by atoms with van der Waals surface area (Å²) in [5, 5.41) is 4.11. The van der Waals surface area contributed by atoms with Crippen LogP contribution in [0.4, 0.5) is 5.82 Å². The Morgan fingerprint density at radius 1 is 1.45 bits per heavy atom. The molecule has 0 aliphatic carbocycles. The number of pyridine rings is 1. The van der Waals surface area contributed by atoms with Gasteiger partial charge in [0.2, 0.25) is 0 Å². The molecule has 0 radical (unpaired) electrons. The van der Waals surface area contributed by atoms with Gasteiger partial charge in [-0.1, -0.05) is 17.7 Å². The van der Waals surface area contributed by atoms with Crippen LogP contribution in [0, 0.1) is 0 Å². The summed E-state index contributed by atoms with van der Waals surface area (Å²) < 4.78 is 7.65. The van der Waals surface area contributed by atoms with E-state index in [1.807, 2.05) is 37.1 Å². The first-order chi connectivity index (χ1) is 14.0. The molecule has 0 saturated carbocycles. The van der Waals surface area contributed by atoms with Crippen molar-refractivity contribution in [3.63, 3.8) is 0 Å². The molecule has 0 aromatic carbocycles. The van der Waals surface area contributed by atoms with E-state index in [9.17, 15) is 0 Å². The maximum Gasteiger partial charge on any atom is 0.194 e. The Labute approximate surface area is 178 Å². The van der Waals surface area contributed by atoms with Crippen molar-refractivity contribution in [2.45, 2.75) is 33.0 Å². The topological polar surface area (TPSA) is 57.9 Å². The van der Waals surface area contributed by atoms with Gasteiger partial charge in [0.15, 0.2) is 5.96 Å². The summed E-state index contributed by atoms with van der Waals surface area (Å²) in [5.74, 6) is 1.85. The smallest absolute Gasteiger partial charge is 0.194 e. The fourth-order valence-electron chi connectivity index (χ4n) is 3.40. The summed E-state index contributed by atoms with van der Waals surface area (Å²) in [6.07, 6.45) is 4.07. The minimum Gasteiger partial charge on any atom is -0.375 e. The molecule has 3 heterocycles. The van der Waals surface area contributed by atoms with E-state index < -0.39 is 0 Å². The fourth-order valence-corrected chi connectivity index (χ4v) is 3.67. The Kier molecular flexibility index (Phi) is 7.39. The standard InChI is InChI=1S/C21H31ClN6O/c1-5-23-21(27(4)15-19-10-18(22)14-26(19)3)25-12-17-6-7-20(24-11-17)28-8-9-29-16(2)13-28/h6-7,10-11,14,16H,5,8-9,12-13,15H2,1-4H3,(H,23,25). The van der Waals surface area contributed by atoms with Gasteiger partial charge < -0.3 is 24.4 Å². The van der Waals surface area contributed by atoms with E-state index >= 15 is 0 Å². The number of aliphatic imine (C=N–C) groups is 1. The maximum atomic E-state index is 6.11. The van der Waals surface area contributed by atoms with Crippen molar-refractivity contribution in [3.05, 3.63) is 46.9 Å². The molecule has 7 nitrogen and oxygen atoms in total. The average molecular weight is 419 g/mol. The summed E-state index contributed by atoms with van der Waals surface area (Å²) in [4.78, 5) is 13.8. The second kappa shape index (κ2) is 9.98. The summed E-state index contributed by atoms with van der Waals surface area (Å²) in [6.45, 7) is 8.79. The van der Waals surface area contributed by atoms with Gasteiger partial charge in [0.1, 0.15) is 5.82 Å². The normalized spacial score (nSPS) is 17.5. The number of guanidine groups is 1. The van der Waals surface area contributed by atoms with E-state index in [1.54, 1.807) is 0 Å². The van der Waals surface area contributed by atoms with Crippen molar-refractivity contribution in [3.8, 4) is 0 Å². The molecule has 1 aliphatic rings. The quantitative estimate of drug-likeness (QED) is 0.577. The minimum absolute atomic E-state index is 0.243. The molecule has 2 aromatic rings. The molecule has 0 spiro atoms. The summed E-state index contributed by atoms with van der Waals surface area (Å²) in [7, 11) is 4.03. The predicted octanol–water partition coefficient (Wildman–Crippen LogP) is 2.90. The van der Waals surface area contributed by atoms with Gasteiger partial charge in [-0.3, -0.25) is 0 Å². The summed E-state index contributed by atoms with van der Waals surface area (Å²) in [5.41, 5.74) is 2.22. The van der Waals surface area contributed by atoms with Gasteiger partial charge in [0.05, 0.1) is 30.8 Å². The Balaban J connectivity index is 1.64. The van der Waals surface area contributed by atoms with Crippen molar-refractivity contribution in [2.75, 3.05) is 38.2 Å². The van der Waals surface area contributed by atoms with E-state index in [4.69, 9.17) is 21.3 Å². The molecular weight excluding hydrogens is 388 g/mol. The Bertz CT molecular complexity index is 819. The first-order valence-corrected chi connectivity index (χ1v) is 10.5. The van der Waals surface area contributed by atoms with Gasteiger partial charge in [-0.25, -0.2) is 9.98 Å². The molecular formula is C21H31ClN6O. The largest absolute Gasteiger partial charge is 0.375 e. The lowest BCUT2D eigenvalue weighted by Crippen LogP contribution is -2.41. The third kappa shape index (κ3) is 5.87.